The van der Waals surface area contributed by atoms with Crippen molar-refractivity contribution in [1.29, 1.82) is 0 Å². The van der Waals surface area contributed by atoms with E-state index in [0.29, 0.717) is 0 Å². The minimum atomic E-state index is -4.22. The number of ether oxygens (including phenoxy) is 1. The summed E-state index contributed by atoms with van der Waals surface area (Å²) >= 11 is 5.64. The fourth-order valence-electron chi connectivity index (χ4n) is 1.57. The van der Waals surface area contributed by atoms with Gasteiger partial charge < -0.3 is 4.74 Å². The van der Waals surface area contributed by atoms with Crippen molar-refractivity contribution in [3.8, 4) is 0 Å². The Morgan fingerprint density at radius 1 is 1.48 bits per heavy atom. The molecule has 0 heterocycles. The van der Waals surface area contributed by atoms with Gasteiger partial charge in [-0.05, 0) is 12.1 Å². The van der Waals surface area contributed by atoms with Gasteiger partial charge in [-0.2, -0.15) is 4.31 Å². The number of halogens is 1. The van der Waals surface area contributed by atoms with Crippen molar-refractivity contribution >= 4 is 33.3 Å². The smallest absolute Gasteiger partial charge is 0.321 e. The summed E-state index contributed by atoms with van der Waals surface area (Å²) in [6.07, 6.45) is 0. The van der Waals surface area contributed by atoms with Gasteiger partial charge in [0.25, 0.3) is 5.69 Å². The Labute approximate surface area is 126 Å². The number of nitrogens with zero attached hydrogens (tertiary/aromatic N) is 2. The molecule has 0 aliphatic carbocycles. The highest BCUT2D eigenvalue weighted by Crippen LogP contribution is 2.29. The second-order valence-corrected chi connectivity index (χ2v) is 6.22. The van der Waals surface area contributed by atoms with Gasteiger partial charge >= 0.3 is 5.97 Å². The van der Waals surface area contributed by atoms with Gasteiger partial charge in [-0.25, -0.2) is 8.42 Å². The van der Waals surface area contributed by atoms with Crippen molar-refractivity contribution in [3.05, 3.63) is 33.3 Å². The molecule has 0 atom stereocenters. The minimum Gasteiger partial charge on any atom is -0.468 e. The summed E-state index contributed by atoms with van der Waals surface area (Å²) in [5.74, 6) is -0.767. The van der Waals surface area contributed by atoms with E-state index < -0.39 is 38.0 Å². The Morgan fingerprint density at radius 3 is 2.57 bits per heavy atom. The molecule has 0 bridgehead atoms. The summed E-state index contributed by atoms with van der Waals surface area (Å²) in [4.78, 5) is 20.9. The molecule has 0 radical (unpaired) electrons. The zero-order valence-electron chi connectivity index (χ0n) is 11.3. The molecule has 1 aromatic rings. The van der Waals surface area contributed by atoms with Crippen LogP contribution in [0.15, 0.2) is 23.1 Å². The van der Waals surface area contributed by atoms with Crippen molar-refractivity contribution in [3.63, 3.8) is 0 Å². The summed E-state index contributed by atoms with van der Waals surface area (Å²) in [5.41, 5.74) is -0.647. The van der Waals surface area contributed by atoms with Crippen LogP contribution in [-0.2, 0) is 19.6 Å². The van der Waals surface area contributed by atoms with Crippen molar-refractivity contribution in [2.75, 3.05) is 20.2 Å². The maximum atomic E-state index is 12.4. The second kappa shape index (κ2) is 6.83. The highest BCUT2D eigenvalue weighted by molar-refractivity contribution is 7.89. The molecule has 0 aliphatic heterocycles. The maximum absolute atomic E-state index is 12.4. The van der Waals surface area contributed by atoms with Crippen molar-refractivity contribution in [2.24, 2.45) is 0 Å². The number of benzene rings is 1. The molecular weight excluding hydrogens is 324 g/mol. The van der Waals surface area contributed by atoms with E-state index in [1.165, 1.54) is 13.0 Å². The van der Waals surface area contributed by atoms with E-state index in [1.807, 2.05) is 0 Å². The molecule has 1 rings (SSSR count). The molecule has 0 saturated heterocycles. The van der Waals surface area contributed by atoms with Gasteiger partial charge in [0, 0.05) is 17.6 Å². The third kappa shape index (κ3) is 3.90. The van der Waals surface area contributed by atoms with E-state index in [-0.39, 0.29) is 11.6 Å². The highest BCUT2D eigenvalue weighted by atomic mass is 35.5. The summed E-state index contributed by atoms with van der Waals surface area (Å²) in [5, 5.41) is 11.0. The topological polar surface area (TPSA) is 107 Å². The Morgan fingerprint density at radius 2 is 2.10 bits per heavy atom. The van der Waals surface area contributed by atoms with Gasteiger partial charge in [0.05, 0.1) is 12.0 Å². The van der Waals surface area contributed by atoms with Crippen LogP contribution in [-0.4, -0.2) is 43.8 Å². The Balaban J connectivity index is 3.35. The molecule has 0 spiro atoms. The zero-order valence-corrected chi connectivity index (χ0v) is 12.8. The Hall–Kier alpha value is -1.71. The average Bonchev–Trinajstić information content (AvgIpc) is 2.43. The van der Waals surface area contributed by atoms with Crippen molar-refractivity contribution in [1.82, 2.24) is 4.31 Å². The fourth-order valence-corrected chi connectivity index (χ4v) is 3.26. The molecule has 0 fully saturated rings. The lowest BCUT2D eigenvalue weighted by Crippen LogP contribution is -2.36. The number of nitro groups is 1. The van der Waals surface area contributed by atoms with E-state index in [2.05, 4.69) is 4.74 Å². The van der Waals surface area contributed by atoms with Gasteiger partial charge in [-0.1, -0.05) is 18.5 Å². The van der Waals surface area contributed by atoms with Crippen LogP contribution in [0.1, 0.15) is 6.92 Å². The zero-order chi connectivity index (χ0) is 16.2. The first kappa shape index (κ1) is 17.3. The molecule has 0 unspecified atom stereocenters. The fraction of sp³-hybridized carbons (Fsp3) is 0.364. The average molecular weight is 337 g/mol. The predicted octanol–water partition coefficient (Wildman–Crippen LogP) is 1.43. The number of likely N-dealkylation sites (N-methyl/N-ethyl adjacent to an activating group) is 1. The number of sulfonamides is 1. The third-order valence-electron chi connectivity index (χ3n) is 2.62. The van der Waals surface area contributed by atoms with E-state index in [4.69, 9.17) is 11.6 Å². The van der Waals surface area contributed by atoms with E-state index in [0.717, 1.165) is 23.5 Å². The van der Waals surface area contributed by atoms with Crippen molar-refractivity contribution in [2.45, 2.75) is 11.8 Å². The standard InChI is InChI=1S/C11H13ClN2O6S/c1-3-13(7-11(15)20-2)21(18,19)10-5-4-8(12)6-9(10)14(16)17/h4-6H,3,7H2,1-2H3. The molecule has 1 aromatic carbocycles. The van der Waals surface area contributed by atoms with Gasteiger partial charge in [0.15, 0.2) is 4.90 Å². The molecule has 0 aliphatic rings. The normalized spacial score (nSPS) is 11.4. The molecule has 21 heavy (non-hydrogen) atoms. The number of rotatable bonds is 6. The molecule has 116 valence electrons. The molecule has 10 heteroatoms. The van der Waals surface area contributed by atoms with Crippen LogP contribution in [0.3, 0.4) is 0 Å². The van der Waals surface area contributed by atoms with Crippen LogP contribution in [0.5, 0.6) is 0 Å². The van der Waals surface area contributed by atoms with Crippen LogP contribution < -0.4 is 0 Å². The highest BCUT2D eigenvalue weighted by Gasteiger charge is 2.32. The van der Waals surface area contributed by atoms with E-state index >= 15 is 0 Å². The number of carbonyl (C=O) groups excluding carboxylic acids is 1. The van der Waals surface area contributed by atoms with E-state index in [1.54, 1.807) is 0 Å². The lowest BCUT2D eigenvalue weighted by molar-refractivity contribution is -0.387. The number of hydrogen-bond donors (Lipinski definition) is 0. The number of carbonyl (C=O) groups is 1. The summed E-state index contributed by atoms with van der Waals surface area (Å²) in [6, 6.07) is 3.21. The van der Waals surface area contributed by atoms with Gasteiger partial charge in [0.2, 0.25) is 10.0 Å². The largest absolute Gasteiger partial charge is 0.468 e. The first-order valence-electron chi connectivity index (χ1n) is 5.75. The van der Waals surface area contributed by atoms with Gasteiger partial charge in [-0.15, -0.1) is 0 Å². The molecule has 8 nitrogen and oxygen atoms in total. The number of esters is 1. The summed E-state index contributed by atoms with van der Waals surface area (Å²) in [7, 11) is -3.10. The second-order valence-electron chi connectivity index (χ2n) is 3.88. The lowest BCUT2D eigenvalue weighted by Gasteiger charge is -2.19. The van der Waals surface area contributed by atoms with E-state index in [9.17, 15) is 23.3 Å². The molecule has 0 N–H and O–H groups in total. The summed E-state index contributed by atoms with van der Waals surface area (Å²) < 4.78 is 30.0. The lowest BCUT2D eigenvalue weighted by atomic mass is 10.3. The van der Waals surface area contributed by atoms with Crippen LogP contribution in [0.2, 0.25) is 5.02 Å². The number of methoxy groups -OCH3 is 1. The van der Waals surface area contributed by atoms with Crippen LogP contribution in [0.25, 0.3) is 0 Å². The number of hydrogen-bond acceptors (Lipinski definition) is 6. The molecular formula is C11H13ClN2O6S. The van der Waals surface area contributed by atoms with Gasteiger partial charge in [0.1, 0.15) is 6.54 Å². The minimum absolute atomic E-state index is 0.0386. The first-order chi connectivity index (χ1) is 9.73. The van der Waals surface area contributed by atoms with Gasteiger partial charge in [-0.3, -0.25) is 14.9 Å². The maximum Gasteiger partial charge on any atom is 0.321 e. The molecule has 0 saturated carbocycles. The Bertz CT molecular complexity index is 661. The van der Waals surface area contributed by atoms with Crippen LogP contribution in [0.4, 0.5) is 5.69 Å². The van der Waals surface area contributed by atoms with Crippen molar-refractivity contribution < 1.29 is 22.9 Å². The SMILES string of the molecule is CCN(CC(=O)OC)S(=O)(=O)c1ccc(Cl)cc1[N+](=O)[O-]. The third-order valence-corrected chi connectivity index (χ3v) is 4.82. The summed E-state index contributed by atoms with van der Waals surface area (Å²) in [6.45, 7) is 0.925. The predicted molar refractivity (Wildman–Crippen MR) is 74.6 cm³/mol. The molecule has 0 amide bonds. The monoisotopic (exact) mass is 336 g/mol. The quantitative estimate of drug-likeness (QED) is 0.442. The van der Waals surface area contributed by atoms with Crippen LogP contribution >= 0.6 is 11.6 Å². The van der Waals surface area contributed by atoms with Crippen LogP contribution in [0, 0.1) is 10.1 Å². The molecule has 0 aromatic heterocycles. The first-order valence-corrected chi connectivity index (χ1v) is 7.56. The number of nitro benzene ring substituents is 1. The Kier molecular flexibility index (Phi) is 5.64.